The first kappa shape index (κ1) is 20.7. The molecule has 1 fully saturated rings. The number of carbonyl (C=O) groups is 3. The Labute approximate surface area is 163 Å². The molecule has 0 bridgehead atoms. The summed E-state index contributed by atoms with van der Waals surface area (Å²) in [4.78, 5) is 38.4. The maximum atomic E-state index is 12.7. The van der Waals surface area contributed by atoms with Gasteiger partial charge in [0.25, 0.3) is 0 Å². The first-order chi connectivity index (χ1) is 12.4. The van der Waals surface area contributed by atoms with Gasteiger partial charge in [-0.25, -0.2) is 4.79 Å². The summed E-state index contributed by atoms with van der Waals surface area (Å²) in [5, 5.41) is 0.331. The molecule has 1 amide bonds. The molecule has 0 spiro atoms. The average molecular weight is 400 g/mol. The predicted octanol–water partition coefficient (Wildman–Crippen LogP) is 5.31. The van der Waals surface area contributed by atoms with E-state index in [-0.39, 0.29) is 58.4 Å². The van der Waals surface area contributed by atoms with Crippen LogP contribution in [0.1, 0.15) is 56.3 Å². The van der Waals surface area contributed by atoms with Crippen molar-refractivity contribution < 1.29 is 19.1 Å². The van der Waals surface area contributed by atoms with Gasteiger partial charge in [0.2, 0.25) is 0 Å². The lowest BCUT2D eigenvalue weighted by Gasteiger charge is -2.24. The molecule has 7 heteroatoms. The summed E-state index contributed by atoms with van der Waals surface area (Å²) in [5.41, 5.74) is 0.416. The van der Waals surface area contributed by atoms with Crippen LogP contribution in [0.15, 0.2) is 12.1 Å². The number of hydrogen-bond donors (Lipinski definition) is 0. The highest BCUT2D eigenvalue weighted by Crippen LogP contribution is 2.38. The number of anilines is 1. The van der Waals surface area contributed by atoms with Crippen molar-refractivity contribution in [2.75, 3.05) is 18.1 Å². The molecule has 0 unspecified atom stereocenters. The Bertz CT molecular complexity index is 701. The van der Waals surface area contributed by atoms with Crippen molar-refractivity contribution in [1.29, 1.82) is 0 Å². The Balaban J connectivity index is 2.31. The van der Waals surface area contributed by atoms with Crippen LogP contribution < -0.4 is 4.90 Å². The van der Waals surface area contributed by atoms with E-state index >= 15 is 0 Å². The molecule has 0 saturated heterocycles. The minimum absolute atomic E-state index is 0.00791. The number of ether oxygens (including phenoxy) is 1. The van der Waals surface area contributed by atoms with Gasteiger partial charge in [0.1, 0.15) is 5.78 Å². The third-order valence-electron chi connectivity index (χ3n) is 4.27. The largest absolute Gasteiger partial charge is 0.449 e. The minimum atomic E-state index is -0.590. The SMILES string of the molecule is CCCCOC(=O)N(CC)c1c(C(=O)CC(=O)C2CC2)ccc(Cl)c1Cl. The highest BCUT2D eigenvalue weighted by Gasteiger charge is 2.32. The van der Waals surface area contributed by atoms with Gasteiger partial charge in [0.05, 0.1) is 28.8 Å². The molecule has 2 rings (SSSR count). The molecule has 0 radical (unpaired) electrons. The van der Waals surface area contributed by atoms with E-state index in [9.17, 15) is 14.4 Å². The summed E-state index contributed by atoms with van der Waals surface area (Å²) < 4.78 is 5.26. The molecule has 0 heterocycles. The summed E-state index contributed by atoms with van der Waals surface area (Å²) in [6.07, 6.45) is 2.53. The number of nitrogens with zero attached hydrogens (tertiary/aromatic N) is 1. The van der Waals surface area contributed by atoms with Crippen LogP contribution in [0.5, 0.6) is 0 Å². The summed E-state index contributed by atoms with van der Waals surface area (Å²) in [7, 11) is 0. The van der Waals surface area contributed by atoms with Crippen molar-refractivity contribution >= 4 is 46.5 Å². The topological polar surface area (TPSA) is 63.7 Å². The fraction of sp³-hybridized carbons (Fsp3) is 0.526. The fourth-order valence-electron chi connectivity index (χ4n) is 2.59. The number of benzene rings is 1. The van der Waals surface area contributed by atoms with Crippen LogP contribution in [0, 0.1) is 5.92 Å². The second-order valence-electron chi connectivity index (χ2n) is 6.31. The molecule has 0 N–H and O–H groups in total. The second-order valence-corrected chi connectivity index (χ2v) is 7.10. The number of ketones is 2. The zero-order valence-electron chi connectivity index (χ0n) is 15.0. The van der Waals surface area contributed by atoms with Crippen molar-refractivity contribution in [1.82, 2.24) is 0 Å². The Kier molecular flexibility index (Phi) is 7.47. The van der Waals surface area contributed by atoms with Gasteiger partial charge in [-0.05, 0) is 38.3 Å². The number of carbonyl (C=O) groups excluding carboxylic acids is 3. The third-order valence-corrected chi connectivity index (χ3v) is 5.06. The van der Waals surface area contributed by atoms with E-state index in [2.05, 4.69) is 0 Å². The molecule has 1 aromatic carbocycles. The lowest BCUT2D eigenvalue weighted by atomic mass is 10.0. The van der Waals surface area contributed by atoms with E-state index in [1.165, 1.54) is 17.0 Å². The number of amides is 1. The number of unbranched alkanes of at least 4 members (excludes halogenated alkanes) is 1. The summed E-state index contributed by atoms with van der Waals surface area (Å²) in [6, 6.07) is 3.01. The molecule has 26 heavy (non-hydrogen) atoms. The maximum Gasteiger partial charge on any atom is 0.414 e. The van der Waals surface area contributed by atoms with E-state index in [0.29, 0.717) is 0 Å². The predicted molar refractivity (Wildman–Crippen MR) is 102 cm³/mol. The molecular weight excluding hydrogens is 377 g/mol. The number of rotatable bonds is 9. The zero-order chi connectivity index (χ0) is 19.3. The van der Waals surface area contributed by atoms with E-state index in [4.69, 9.17) is 27.9 Å². The Morgan fingerprint density at radius 1 is 1.19 bits per heavy atom. The molecule has 5 nitrogen and oxygen atoms in total. The summed E-state index contributed by atoms with van der Waals surface area (Å²) in [5.74, 6) is -0.442. The van der Waals surface area contributed by atoms with E-state index in [1.54, 1.807) is 6.92 Å². The van der Waals surface area contributed by atoms with Gasteiger partial charge in [-0.1, -0.05) is 36.5 Å². The molecule has 0 aliphatic heterocycles. The third kappa shape index (κ3) is 4.98. The van der Waals surface area contributed by atoms with Crippen LogP contribution in [-0.2, 0) is 9.53 Å². The van der Waals surface area contributed by atoms with Crippen molar-refractivity contribution in [3.8, 4) is 0 Å². The lowest BCUT2D eigenvalue weighted by Crippen LogP contribution is -2.33. The first-order valence-electron chi connectivity index (χ1n) is 8.88. The molecule has 1 aliphatic carbocycles. The smallest absolute Gasteiger partial charge is 0.414 e. The first-order valence-corrected chi connectivity index (χ1v) is 9.64. The van der Waals surface area contributed by atoms with Crippen molar-refractivity contribution in [2.24, 2.45) is 5.92 Å². The molecule has 0 aromatic heterocycles. The Morgan fingerprint density at radius 3 is 2.46 bits per heavy atom. The number of halogens is 2. The van der Waals surface area contributed by atoms with Crippen molar-refractivity contribution in [2.45, 2.75) is 46.0 Å². The minimum Gasteiger partial charge on any atom is -0.449 e. The molecule has 0 atom stereocenters. The fourth-order valence-corrected chi connectivity index (χ4v) is 3.01. The summed E-state index contributed by atoms with van der Waals surface area (Å²) in [6.45, 7) is 4.28. The lowest BCUT2D eigenvalue weighted by molar-refractivity contribution is -0.119. The molecule has 1 aliphatic rings. The van der Waals surface area contributed by atoms with Crippen molar-refractivity contribution in [3.05, 3.63) is 27.7 Å². The van der Waals surface area contributed by atoms with Crippen molar-refractivity contribution in [3.63, 3.8) is 0 Å². The van der Waals surface area contributed by atoms with Gasteiger partial charge in [-0.3, -0.25) is 14.5 Å². The zero-order valence-corrected chi connectivity index (χ0v) is 16.5. The maximum absolute atomic E-state index is 12.7. The van der Waals surface area contributed by atoms with Crippen LogP contribution in [-0.4, -0.2) is 30.8 Å². The van der Waals surface area contributed by atoms with Crippen LogP contribution in [0.25, 0.3) is 0 Å². The van der Waals surface area contributed by atoms with Gasteiger partial charge < -0.3 is 4.74 Å². The number of hydrogen-bond acceptors (Lipinski definition) is 4. The Morgan fingerprint density at radius 2 is 1.88 bits per heavy atom. The molecule has 1 aromatic rings. The summed E-state index contributed by atoms with van der Waals surface area (Å²) >= 11 is 12.4. The molecule has 142 valence electrons. The quantitative estimate of drug-likeness (QED) is 0.320. The average Bonchev–Trinajstić information content (AvgIpc) is 3.44. The standard InChI is InChI=1S/C19H23Cl2NO4/c1-3-5-10-26-19(25)22(4-2)18-13(8-9-14(20)17(18)21)16(24)11-15(23)12-6-7-12/h8-9,12H,3-7,10-11H2,1-2H3. The highest BCUT2D eigenvalue weighted by molar-refractivity contribution is 6.44. The van der Waals surface area contributed by atoms with Gasteiger partial charge >= 0.3 is 6.09 Å². The van der Waals surface area contributed by atoms with Gasteiger partial charge in [-0.2, -0.15) is 0 Å². The van der Waals surface area contributed by atoms with Crippen LogP contribution >= 0.6 is 23.2 Å². The monoisotopic (exact) mass is 399 g/mol. The second kappa shape index (κ2) is 9.38. The van der Waals surface area contributed by atoms with E-state index in [1.807, 2.05) is 6.92 Å². The van der Waals surface area contributed by atoms with Gasteiger partial charge in [-0.15, -0.1) is 0 Å². The number of Topliss-reactive ketones (excluding diaryl/α,β-unsaturated/α-hetero) is 2. The highest BCUT2D eigenvalue weighted by atomic mass is 35.5. The molecular formula is C19H23Cl2NO4. The van der Waals surface area contributed by atoms with Gasteiger partial charge in [0.15, 0.2) is 5.78 Å². The van der Waals surface area contributed by atoms with E-state index in [0.717, 1.165) is 25.7 Å². The van der Waals surface area contributed by atoms with Crippen LogP contribution in [0.3, 0.4) is 0 Å². The van der Waals surface area contributed by atoms with Gasteiger partial charge in [0, 0.05) is 18.0 Å². The van der Waals surface area contributed by atoms with Crippen LogP contribution in [0.4, 0.5) is 10.5 Å². The normalized spacial score (nSPS) is 13.4. The Hall–Kier alpha value is -1.59. The van der Waals surface area contributed by atoms with Crippen LogP contribution in [0.2, 0.25) is 10.0 Å². The molecule has 1 saturated carbocycles. The van der Waals surface area contributed by atoms with E-state index < -0.39 is 6.09 Å².